The van der Waals surface area contributed by atoms with E-state index in [-0.39, 0.29) is 5.91 Å². The SMILES string of the molecule is CC(C)CCNC(=O)c1ccc(Oc2ccc(C#N)cc2)nc1. The van der Waals surface area contributed by atoms with Crippen molar-refractivity contribution in [2.24, 2.45) is 5.92 Å². The van der Waals surface area contributed by atoms with E-state index >= 15 is 0 Å². The summed E-state index contributed by atoms with van der Waals surface area (Å²) in [6, 6.07) is 12.1. The molecule has 2 rings (SSSR count). The summed E-state index contributed by atoms with van der Waals surface area (Å²) in [4.78, 5) is 16.1. The van der Waals surface area contributed by atoms with Gasteiger partial charge in [0.15, 0.2) is 0 Å². The molecule has 1 amide bonds. The lowest BCUT2D eigenvalue weighted by Gasteiger charge is -2.08. The maximum Gasteiger partial charge on any atom is 0.252 e. The Hall–Kier alpha value is -2.87. The molecule has 5 heteroatoms. The number of pyridine rings is 1. The lowest BCUT2D eigenvalue weighted by molar-refractivity contribution is 0.0951. The molecule has 1 N–H and O–H groups in total. The van der Waals surface area contributed by atoms with Gasteiger partial charge in [-0.1, -0.05) is 13.8 Å². The summed E-state index contributed by atoms with van der Waals surface area (Å²) in [7, 11) is 0. The molecule has 2 aromatic rings. The van der Waals surface area contributed by atoms with E-state index in [0.29, 0.717) is 35.2 Å². The van der Waals surface area contributed by atoms with E-state index in [1.807, 2.05) is 6.07 Å². The van der Waals surface area contributed by atoms with Gasteiger partial charge in [0.05, 0.1) is 17.2 Å². The normalized spacial score (nSPS) is 10.2. The van der Waals surface area contributed by atoms with Gasteiger partial charge in [0.2, 0.25) is 5.88 Å². The summed E-state index contributed by atoms with van der Waals surface area (Å²) in [6.07, 6.45) is 2.43. The molecule has 1 aromatic heterocycles. The molecule has 0 spiro atoms. The van der Waals surface area contributed by atoms with Crippen LogP contribution in [-0.4, -0.2) is 17.4 Å². The van der Waals surface area contributed by atoms with Crippen LogP contribution in [0, 0.1) is 17.2 Å². The fourth-order valence-electron chi connectivity index (χ4n) is 1.87. The number of benzene rings is 1. The number of carbonyl (C=O) groups excluding carboxylic acids is 1. The number of hydrogen-bond acceptors (Lipinski definition) is 4. The predicted octanol–water partition coefficient (Wildman–Crippen LogP) is 3.52. The minimum atomic E-state index is -0.136. The van der Waals surface area contributed by atoms with Crippen molar-refractivity contribution >= 4 is 5.91 Å². The number of amides is 1. The molecule has 0 fully saturated rings. The topological polar surface area (TPSA) is 75.0 Å². The first-order valence-corrected chi connectivity index (χ1v) is 7.51. The van der Waals surface area contributed by atoms with Crippen LogP contribution in [0.2, 0.25) is 0 Å². The number of nitrogens with zero attached hydrogens (tertiary/aromatic N) is 2. The van der Waals surface area contributed by atoms with E-state index in [1.165, 1.54) is 6.20 Å². The van der Waals surface area contributed by atoms with Crippen molar-refractivity contribution in [3.8, 4) is 17.7 Å². The Morgan fingerprint density at radius 1 is 1.26 bits per heavy atom. The molecule has 1 aromatic carbocycles. The van der Waals surface area contributed by atoms with E-state index in [9.17, 15) is 4.79 Å². The van der Waals surface area contributed by atoms with Crippen LogP contribution >= 0.6 is 0 Å². The molecule has 0 aliphatic rings. The Bertz CT molecular complexity index is 686. The van der Waals surface area contributed by atoms with Crippen LogP contribution in [0.4, 0.5) is 0 Å². The average Bonchev–Trinajstić information content (AvgIpc) is 2.56. The third-order valence-corrected chi connectivity index (χ3v) is 3.21. The van der Waals surface area contributed by atoms with Crippen LogP contribution in [0.3, 0.4) is 0 Å². The standard InChI is InChI=1S/C18H19N3O2/c1-13(2)9-10-20-18(22)15-5-8-17(21-12-15)23-16-6-3-14(11-19)4-7-16/h3-8,12-13H,9-10H2,1-2H3,(H,20,22). The van der Waals surface area contributed by atoms with Crippen LogP contribution in [0.15, 0.2) is 42.6 Å². The van der Waals surface area contributed by atoms with E-state index in [0.717, 1.165) is 6.42 Å². The van der Waals surface area contributed by atoms with E-state index in [4.69, 9.17) is 10.00 Å². The van der Waals surface area contributed by atoms with Gasteiger partial charge >= 0.3 is 0 Å². The van der Waals surface area contributed by atoms with Crippen molar-refractivity contribution in [3.63, 3.8) is 0 Å². The Morgan fingerprint density at radius 2 is 2.00 bits per heavy atom. The number of nitrogens with one attached hydrogen (secondary N) is 1. The molecule has 5 nitrogen and oxygen atoms in total. The smallest absolute Gasteiger partial charge is 0.252 e. The van der Waals surface area contributed by atoms with Gasteiger partial charge in [0, 0.05) is 18.8 Å². The molecular formula is C18H19N3O2. The van der Waals surface area contributed by atoms with E-state index in [1.54, 1.807) is 36.4 Å². The van der Waals surface area contributed by atoms with Gasteiger partial charge in [-0.25, -0.2) is 4.98 Å². The fraction of sp³-hybridized carbons (Fsp3) is 0.278. The van der Waals surface area contributed by atoms with Crippen LogP contribution in [0.25, 0.3) is 0 Å². The van der Waals surface area contributed by atoms with E-state index in [2.05, 4.69) is 24.1 Å². The second-order valence-corrected chi connectivity index (χ2v) is 5.56. The molecule has 0 saturated heterocycles. The van der Waals surface area contributed by atoms with Crippen molar-refractivity contribution in [2.75, 3.05) is 6.54 Å². The molecule has 0 atom stereocenters. The summed E-state index contributed by atoms with van der Waals surface area (Å²) < 4.78 is 5.57. The highest BCUT2D eigenvalue weighted by molar-refractivity contribution is 5.93. The molecule has 0 radical (unpaired) electrons. The Kier molecular flexibility index (Phi) is 5.70. The summed E-state index contributed by atoms with van der Waals surface area (Å²) in [6.45, 7) is 4.88. The Morgan fingerprint density at radius 3 is 2.57 bits per heavy atom. The fourth-order valence-corrected chi connectivity index (χ4v) is 1.87. The minimum absolute atomic E-state index is 0.136. The highest BCUT2D eigenvalue weighted by Gasteiger charge is 2.07. The van der Waals surface area contributed by atoms with Gasteiger partial charge < -0.3 is 10.1 Å². The molecule has 0 aliphatic carbocycles. The van der Waals surface area contributed by atoms with Gasteiger partial charge in [-0.15, -0.1) is 0 Å². The number of ether oxygens (including phenoxy) is 1. The zero-order valence-corrected chi connectivity index (χ0v) is 13.2. The van der Waals surface area contributed by atoms with Crippen LogP contribution in [0.1, 0.15) is 36.2 Å². The number of rotatable bonds is 6. The first kappa shape index (κ1) is 16.5. The van der Waals surface area contributed by atoms with Crippen molar-refractivity contribution < 1.29 is 9.53 Å². The first-order chi connectivity index (χ1) is 11.1. The van der Waals surface area contributed by atoms with Crippen LogP contribution in [-0.2, 0) is 0 Å². The van der Waals surface area contributed by atoms with Gasteiger partial charge in [-0.3, -0.25) is 4.79 Å². The molecule has 1 heterocycles. The lowest BCUT2D eigenvalue weighted by atomic mass is 10.1. The third kappa shape index (κ3) is 5.11. The molecule has 118 valence electrons. The maximum absolute atomic E-state index is 11.9. The average molecular weight is 309 g/mol. The van der Waals surface area contributed by atoms with Crippen LogP contribution < -0.4 is 10.1 Å². The van der Waals surface area contributed by atoms with Gasteiger partial charge in [0.25, 0.3) is 5.91 Å². The highest BCUT2D eigenvalue weighted by Crippen LogP contribution is 2.19. The molecular weight excluding hydrogens is 290 g/mol. The number of carbonyl (C=O) groups is 1. The summed E-state index contributed by atoms with van der Waals surface area (Å²) in [5.41, 5.74) is 1.07. The van der Waals surface area contributed by atoms with Crippen molar-refractivity contribution in [1.29, 1.82) is 5.26 Å². The van der Waals surface area contributed by atoms with Crippen molar-refractivity contribution in [3.05, 3.63) is 53.7 Å². The zero-order valence-electron chi connectivity index (χ0n) is 13.2. The predicted molar refractivity (Wildman–Crippen MR) is 87.3 cm³/mol. The van der Waals surface area contributed by atoms with Gasteiger partial charge in [-0.2, -0.15) is 5.26 Å². The third-order valence-electron chi connectivity index (χ3n) is 3.21. The second-order valence-electron chi connectivity index (χ2n) is 5.56. The summed E-state index contributed by atoms with van der Waals surface area (Å²) >= 11 is 0. The Balaban J connectivity index is 1.93. The number of aromatic nitrogens is 1. The largest absolute Gasteiger partial charge is 0.439 e. The maximum atomic E-state index is 11.9. The molecule has 0 unspecified atom stereocenters. The Labute approximate surface area is 135 Å². The van der Waals surface area contributed by atoms with Crippen molar-refractivity contribution in [2.45, 2.75) is 20.3 Å². The molecule has 0 aliphatic heterocycles. The summed E-state index contributed by atoms with van der Waals surface area (Å²) in [5, 5.41) is 11.6. The summed E-state index contributed by atoms with van der Waals surface area (Å²) in [5.74, 6) is 1.40. The number of hydrogen-bond donors (Lipinski definition) is 1. The minimum Gasteiger partial charge on any atom is -0.439 e. The monoisotopic (exact) mass is 309 g/mol. The first-order valence-electron chi connectivity index (χ1n) is 7.51. The molecule has 0 saturated carbocycles. The molecule has 23 heavy (non-hydrogen) atoms. The lowest BCUT2D eigenvalue weighted by Crippen LogP contribution is -2.25. The molecule has 0 bridgehead atoms. The second kappa shape index (κ2) is 7.95. The van der Waals surface area contributed by atoms with Crippen LogP contribution in [0.5, 0.6) is 11.6 Å². The quantitative estimate of drug-likeness (QED) is 0.886. The van der Waals surface area contributed by atoms with E-state index < -0.39 is 0 Å². The van der Waals surface area contributed by atoms with Gasteiger partial charge in [0.1, 0.15) is 5.75 Å². The van der Waals surface area contributed by atoms with Crippen molar-refractivity contribution in [1.82, 2.24) is 10.3 Å². The van der Waals surface area contributed by atoms with Gasteiger partial charge in [-0.05, 0) is 42.7 Å². The number of nitriles is 1. The highest BCUT2D eigenvalue weighted by atomic mass is 16.5. The zero-order chi connectivity index (χ0) is 16.7.